The van der Waals surface area contributed by atoms with Gasteiger partial charge in [-0.3, -0.25) is 0 Å². The summed E-state index contributed by atoms with van der Waals surface area (Å²) in [5.74, 6) is 1.86. The molecule has 0 radical (unpaired) electrons. The van der Waals surface area contributed by atoms with Gasteiger partial charge in [-0.25, -0.2) is 0 Å². The molecule has 0 aliphatic heterocycles. The van der Waals surface area contributed by atoms with E-state index in [2.05, 4.69) is 19.2 Å². The third kappa shape index (κ3) is 2.01. The first-order chi connectivity index (χ1) is 6.77. The Morgan fingerprint density at radius 2 is 2.36 bits per heavy atom. The Balaban J connectivity index is 1.91. The minimum absolute atomic E-state index is 0.343. The van der Waals surface area contributed by atoms with Crippen LogP contribution in [0.15, 0.2) is 22.8 Å². The summed E-state index contributed by atoms with van der Waals surface area (Å²) in [7, 11) is 0. The second kappa shape index (κ2) is 4.18. The lowest BCUT2D eigenvalue weighted by Crippen LogP contribution is -2.33. The molecule has 2 rings (SSSR count). The third-order valence-corrected chi connectivity index (χ3v) is 3.30. The molecule has 14 heavy (non-hydrogen) atoms. The Morgan fingerprint density at radius 1 is 1.50 bits per heavy atom. The van der Waals surface area contributed by atoms with Gasteiger partial charge < -0.3 is 9.73 Å². The highest BCUT2D eigenvalue weighted by Crippen LogP contribution is 2.27. The zero-order valence-corrected chi connectivity index (χ0v) is 8.99. The normalized spacial score (nSPS) is 29.3. The highest BCUT2D eigenvalue weighted by Gasteiger charge is 2.25. The summed E-state index contributed by atoms with van der Waals surface area (Å²) < 4.78 is 5.38. The monoisotopic (exact) mass is 193 g/mol. The van der Waals surface area contributed by atoms with Gasteiger partial charge >= 0.3 is 0 Å². The Labute approximate surface area is 85.7 Å². The molecule has 1 aromatic heterocycles. The molecule has 3 atom stereocenters. The molecule has 0 saturated heterocycles. The molecule has 1 saturated carbocycles. The molecule has 2 heteroatoms. The van der Waals surface area contributed by atoms with E-state index in [0.29, 0.717) is 12.1 Å². The lowest BCUT2D eigenvalue weighted by atomic mass is 10.1. The Bertz CT molecular complexity index is 268. The fourth-order valence-electron chi connectivity index (χ4n) is 2.33. The lowest BCUT2D eigenvalue weighted by Gasteiger charge is -2.21. The van der Waals surface area contributed by atoms with Crippen LogP contribution < -0.4 is 5.32 Å². The highest BCUT2D eigenvalue weighted by molar-refractivity contribution is 5.03. The molecule has 1 N–H and O–H groups in total. The Morgan fingerprint density at radius 3 is 2.93 bits per heavy atom. The van der Waals surface area contributed by atoms with Crippen molar-refractivity contribution in [3.63, 3.8) is 0 Å². The average Bonchev–Trinajstić information content (AvgIpc) is 2.77. The summed E-state index contributed by atoms with van der Waals surface area (Å²) >= 11 is 0. The van der Waals surface area contributed by atoms with E-state index in [4.69, 9.17) is 4.42 Å². The molecular weight excluding hydrogens is 174 g/mol. The number of furan rings is 1. The first kappa shape index (κ1) is 9.78. The third-order valence-electron chi connectivity index (χ3n) is 3.30. The lowest BCUT2D eigenvalue weighted by molar-refractivity contribution is 0.350. The second-order valence-electron chi connectivity index (χ2n) is 4.42. The molecule has 0 aromatic carbocycles. The molecule has 0 spiro atoms. The van der Waals surface area contributed by atoms with E-state index in [1.165, 1.54) is 19.3 Å². The van der Waals surface area contributed by atoms with Crippen molar-refractivity contribution in [3.8, 4) is 0 Å². The summed E-state index contributed by atoms with van der Waals surface area (Å²) in [4.78, 5) is 0. The number of rotatable bonds is 3. The first-order valence-electron chi connectivity index (χ1n) is 5.57. The number of hydrogen-bond donors (Lipinski definition) is 1. The maximum atomic E-state index is 5.38. The van der Waals surface area contributed by atoms with E-state index in [9.17, 15) is 0 Å². The highest BCUT2D eigenvalue weighted by atomic mass is 16.3. The molecule has 2 nitrogen and oxygen atoms in total. The van der Waals surface area contributed by atoms with Gasteiger partial charge in [0.15, 0.2) is 0 Å². The van der Waals surface area contributed by atoms with Crippen molar-refractivity contribution < 1.29 is 4.42 Å². The average molecular weight is 193 g/mol. The van der Waals surface area contributed by atoms with Gasteiger partial charge in [0.05, 0.1) is 12.3 Å². The van der Waals surface area contributed by atoms with Crippen LogP contribution in [0.1, 0.15) is 44.9 Å². The van der Waals surface area contributed by atoms with Gasteiger partial charge in [0.25, 0.3) is 0 Å². The van der Waals surface area contributed by atoms with E-state index in [1.807, 2.05) is 12.1 Å². The van der Waals surface area contributed by atoms with Crippen molar-refractivity contribution in [1.29, 1.82) is 0 Å². The van der Waals surface area contributed by atoms with E-state index < -0.39 is 0 Å². The van der Waals surface area contributed by atoms with Gasteiger partial charge in [0.2, 0.25) is 0 Å². The van der Waals surface area contributed by atoms with Crippen molar-refractivity contribution >= 4 is 0 Å². The maximum Gasteiger partial charge on any atom is 0.120 e. The van der Waals surface area contributed by atoms with Crippen molar-refractivity contribution in [2.75, 3.05) is 0 Å². The zero-order valence-electron chi connectivity index (χ0n) is 8.99. The summed E-state index contributed by atoms with van der Waals surface area (Å²) in [5, 5.41) is 3.64. The molecule has 0 bridgehead atoms. The van der Waals surface area contributed by atoms with Gasteiger partial charge in [-0.15, -0.1) is 0 Å². The van der Waals surface area contributed by atoms with Gasteiger partial charge in [-0.1, -0.05) is 13.3 Å². The molecular formula is C12H19NO. The predicted molar refractivity (Wildman–Crippen MR) is 57.1 cm³/mol. The standard InChI is InChI=1S/C12H19NO/c1-9-5-3-6-11(9)13-10(2)12-7-4-8-14-12/h4,7-11,13H,3,5-6H2,1-2H3/t9?,10-,11?/m1/s1. The molecule has 1 aromatic rings. The largest absolute Gasteiger partial charge is 0.468 e. The van der Waals surface area contributed by atoms with Crippen LogP contribution in [0.25, 0.3) is 0 Å². The SMILES string of the molecule is CC1CCCC1N[C@H](C)c1ccco1. The van der Waals surface area contributed by atoms with Crippen LogP contribution in [0.3, 0.4) is 0 Å². The van der Waals surface area contributed by atoms with Crippen LogP contribution in [-0.4, -0.2) is 6.04 Å². The molecule has 1 aliphatic rings. The molecule has 0 amide bonds. The quantitative estimate of drug-likeness (QED) is 0.798. The van der Waals surface area contributed by atoms with Crippen molar-refractivity contribution in [1.82, 2.24) is 5.32 Å². The van der Waals surface area contributed by atoms with Gasteiger partial charge in [-0.2, -0.15) is 0 Å². The van der Waals surface area contributed by atoms with Gasteiger partial charge in [0.1, 0.15) is 5.76 Å². The minimum Gasteiger partial charge on any atom is -0.468 e. The topological polar surface area (TPSA) is 25.2 Å². The fourth-order valence-corrected chi connectivity index (χ4v) is 2.33. The van der Waals surface area contributed by atoms with Crippen LogP contribution in [0.4, 0.5) is 0 Å². The van der Waals surface area contributed by atoms with Crippen LogP contribution in [0.2, 0.25) is 0 Å². The van der Waals surface area contributed by atoms with Crippen molar-refractivity contribution in [3.05, 3.63) is 24.2 Å². The molecule has 1 aliphatic carbocycles. The van der Waals surface area contributed by atoms with Crippen LogP contribution in [-0.2, 0) is 0 Å². The fraction of sp³-hybridized carbons (Fsp3) is 0.667. The van der Waals surface area contributed by atoms with Crippen molar-refractivity contribution in [2.24, 2.45) is 5.92 Å². The minimum atomic E-state index is 0.343. The summed E-state index contributed by atoms with van der Waals surface area (Å²) in [6.45, 7) is 4.50. The van der Waals surface area contributed by atoms with E-state index in [-0.39, 0.29) is 0 Å². The van der Waals surface area contributed by atoms with Crippen LogP contribution in [0, 0.1) is 5.92 Å². The van der Waals surface area contributed by atoms with Gasteiger partial charge in [0, 0.05) is 6.04 Å². The smallest absolute Gasteiger partial charge is 0.120 e. The zero-order chi connectivity index (χ0) is 9.97. The second-order valence-corrected chi connectivity index (χ2v) is 4.42. The summed E-state index contributed by atoms with van der Waals surface area (Å²) in [5.41, 5.74) is 0. The number of nitrogens with one attached hydrogen (secondary N) is 1. The molecule has 78 valence electrons. The molecule has 2 unspecified atom stereocenters. The number of hydrogen-bond acceptors (Lipinski definition) is 2. The van der Waals surface area contributed by atoms with E-state index in [0.717, 1.165) is 11.7 Å². The van der Waals surface area contributed by atoms with Gasteiger partial charge in [-0.05, 0) is 37.8 Å². The van der Waals surface area contributed by atoms with Crippen LogP contribution in [0.5, 0.6) is 0 Å². The maximum absolute atomic E-state index is 5.38. The summed E-state index contributed by atoms with van der Waals surface area (Å²) in [6.07, 6.45) is 5.78. The Hall–Kier alpha value is -0.760. The van der Waals surface area contributed by atoms with Crippen molar-refractivity contribution in [2.45, 2.75) is 45.2 Å². The van der Waals surface area contributed by atoms with E-state index in [1.54, 1.807) is 6.26 Å². The predicted octanol–water partition coefficient (Wildman–Crippen LogP) is 3.12. The summed E-state index contributed by atoms with van der Waals surface area (Å²) in [6, 6.07) is 5.01. The van der Waals surface area contributed by atoms with Crippen LogP contribution >= 0.6 is 0 Å². The molecule has 1 heterocycles. The Kier molecular flexibility index (Phi) is 2.92. The van der Waals surface area contributed by atoms with E-state index >= 15 is 0 Å². The first-order valence-corrected chi connectivity index (χ1v) is 5.57. The molecule has 1 fully saturated rings.